The van der Waals surface area contributed by atoms with Crippen LogP contribution >= 0.6 is 0 Å². The van der Waals surface area contributed by atoms with E-state index in [-0.39, 0.29) is 11.4 Å². The summed E-state index contributed by atoms with van der Waals surface area (Å²) in [5.41, 5.74) is -0.673. The predicted molar refractivity (Wildman–Crippen MR) is 80.3 cm³/mol. The summed E-state index contributed by atoms with van der Waals surface area (Å²) >= 11 is 0. The molecule has 1 aromatic carbocycles. The van der Waals surface area contributed by atoms with Crippen molar-refractivity contribution in [2.75, 3.05) is 26.8 Å². The third-order valence-corrected chi connectivity index (χ3v) is 4.97. The number of rotatable bonds is 6. The van der Waals surface area contributed by atoms with Gasteiger partial charge in [0.2, 0.25) is 10.0 Å². The van der Waals surface area contributed by atoms with Gasteiger partial charge in [0.05, 0.1) is 24.1 Å². The van der Waals surface area contributed by atoms with Crippen molar-refractivity contribution in [1.82, 2.24) is 9.62 Å². The molecule has 1 fully saturated rings. The summed E-state index contributed by atoms with van der Waals surface area (Å²) in [7, 11) is -2.14. The standard InChI is InChI=1S/C14H20N2O5S/c1-14(2,16-8-9-21-13(16)17)10-15-22(18,19)12-6-4-11(20-3)5-7-12/h4-7,15H,8-10H2,1-3H3. The van der Waals surface area contributed by atoms with E-state index in [4.69, 9.17) is 9.47 Å². The molecule has 0 aromatic heterocycles. The smallest absolute Gasteiger partial charge is 0.410 e. The number of methoxy groups -OCH3 is 1. The Bertz CT molecular complexity index is 640. The molecule has 1 amide bonds. The molecular formula is C14H20N2O5S. The number of carbonyl (C=O) groups excluding carboxylic acids is 1. The Morgan fingerprint density at radius 3 is 2.45 bits per heavy atom. The lowest BCUT2D eigenvalue weighted by Gasteiger charge is -2.33. The molecule has 1 N–H and O–H groups in total. The fourth-order valence-corrected chi connectivity index (χ4v) is 3.35. The minimum absolute atomic E-state index is 0.0937. The molecule has 0 bridgehead atoms. The van der Waals surface area contributed by atoms with Crippen LogP contribution in [0.15, 0.2) is 29.2 Å². The van der Waals surface area contributed by atoms with Crippen LogP contribution in [0.25, 0.3) is 0 Å². The molecule has 122 valence electrons. The Hall–Kier alpha value is -1.80. The molecule has 1 aliphatic heterocycles. The van der Waals surface area contributed by atoms with Crippen molar-refractivity contribution in [3.05, 3.63) is 24.3 Å². The van der Waals surface area contributed by atoms with Crippen LogP contribution in [0.1, 0.15) is 13.8 Å². The summed E-state index contributed by atoms with van der Waals surface area (Å²) in [5.74, 6) is 0.582. The normalized spacial score (nSPS) is 15.8. The summed E-state index contributed by atoms with van der Waals surface area (Å²) in [6.07, 6.45) is -0.423. The summed E-state index contributed by atoms with van der Waals surface area (Å²) in [6, 6.07) is 6.10. The third kappa shape index (κ3) is 3.50. The number of sulfonamides is 1. The number of benzene rings is 1. The van der Waals surface area contributed by atoms with Gasteiger partial charge in [-0.2, -0.15) is 0 Å². The second kappa shape index (κ2) is 6.13. The van der Waals surface area contributed by atoms with Gasteiger partial charge in [-0.15, -0.1) is 0 Å². The Labute approximate surface area is 130 Å². The van der Waals surface area contributed by atoms with E-state index in [2.05, 4.69) is 4.72 Å². The van der Waals surface area contributed by atoms with Crippen molar-refractivity contribution in [3.63, 3.8) is 0 Å². The molecule has 0 aliphatic carbocycles. The fourth-order valence-electron chi connectivity index (χ4n) is 2.15. The molecule has 7 nitrogen and oxygen atoms in total. The minimum Gasteiger partial charge on any atom is -0.497 e. The highest BCUT2D eigenvalue weighted by molar-refractivity contribution is 7.89. The van der Waals surface area contributed by atoms with Gasteiger partial charge in [-0.3, -0.25) is 4.90 Å². The largest absolute Gasteiger partial charge is 0.497 e. The van der Waals surface area contributed by atoms with Crippen LogP contribution in [-0.4, -0.2) is 51.8 Å². The van der Waals surface area contributed by atoms with E-state index in [9.17, 15) is 13.2 Å². The van der Waals surface area contributed by atoms with E-state index in [1.807, 2.05) is 0 Å². The van der Waals surface area contributed by atoms with Gasteiger partial charge in [0.1, 0.15) is 12.4 Å². The number of amides is 1. The SMILES string of the molecule is COc1ccc(S(=O)(=O)NCC(C)(C)N2CCOC2=O)cc1. The number of hydrogen-bond acceptors (Lipinski definition) is 5. The molecular weight excluding hydrogens is 308 g/mol. The Kier molecular flexibility index (Phi) is 4.62. The number of ether oxygens (including phenoxy) is 2. The van der Waals surface area contributed by atoms with Crippen LogP contribution < -0.4 is 9.46 Å². The van der Waals surface area contributed by atoms with Crippen molar-refractivity contribution in [3.8, 4) is 5.75 Å². The monoisotopic (exact) mass is 328 g/mol. The van der Waals surface area contributed by atoms with Crippen molar-refractivity contribution in [2.24, 2.45) is 0 Å². The zero-order valence-electron chi connectivity index (χ0n) is 12.8. The molecule has 2 rings (SSSR count). The first-order valence-corrected chi connectivity index (χ1v) is 8.33. The Morgan fingerprint density at radius 2 is 1.95 bits per heavy atom. The van der Waals surface area contributed by atoms with Crippen molar-refractivity contribution in [2.45, 2.75) is 24.3 Å². The average Bonchev–Trinajstić information content (AvgIpc) is 2.93. The van der Waals surface area contributed by atoms with Crippen molar-refractivity contribution >= 4 is 16.1 Å². The number of nitrogens with zero attached hydrogens (tertiary/aromatic N) is 1. The van der Waals surface area contributed by atoms with E-state index in [0.717, 1.165) is 0 Å². The molecule has 0 atom stereocenters. The van der Waals surface area contributed by atoms with Crippen LogP contribution in [-0.2, 0) is 14.8 Å². The maximum atomic E-state index is 12.3. The summed E-state index contributed by atoms with van der Waals surface area (Å²) in [4.78, 5) is 13.3. The van der Waals surface area contributed by atoms with E-state index in [1.165, 1.54) is 24.1 Å². The number of cyclic esters (lactones) is 1. The highest BCUT2D eigenvalue weighted by Gasteiger charge is 2.36. The highest BCUT2D eigenvalue weighted by atomic mass is 32.2. The molecule has 0 spiro atoms. The molecule has 1 heterocycles. The quantitative estimate of drug-likeness (QED) is 0.848. The van der Waals surface area contributed by atoms with Crippen LogP contribution in [0.2, 0.25) is 0 Å². The molecule has 0 unspecified atom stereocenters. The lowest BCUT2D eigenvalue weighted by Crippen LogP contribution is -2.52. The van der Waals surface area contributed by atoms with Crippen LogP contribution in [0, 0.1) is 0 Å². The topological polar surface area (TPSA) is 84.9 Å². The van der Waals surface area contributed by atoms with E-state index < -0.39 is 21.7 Å². The Morgan fingerprint density at radius 1 is 1.32 bits per heavy atom. The van der Waals surface area contributed by atoms with E-state index in [1.54, 1.807) is 26.0 Å². The van der Waals surface area contributed by atoms with Crippen LogP contribution in [0.5, 0.6) is 5.75 Å². The lowest BCUT2D eigenvalue weighted by molar-refractivity contribution is 0.127. The summed E-state index contributed by atoms with van der Waals surface area (Å²) in [6.45, 7) is 4.45. The predicted octanol–water partition coefficient (Wildman–Crippen LogP) is 1.20. The maximum absolute atomic E-state index is 12.3. The van der Waals surface area contributed by atoms with Crippen LogP contribution in [0.3, 0.4) is 0 Å². The average molecular weight is 328 g/mol. The molecule has 1 aliphatic rings. The van der Waals surface area contributed by atoms with Crippen LogP contribution in [0.4, 0.5) is 4.79 Å². The lowest BCUT2D eigenvalue weighted by atomic mass is 10.0. The number of carbonyl (C=O) groups is 1. The molecule has 0 radical (unpaired) electrons. The fraction of sp³-hybridized carbons (Fsp3) is 0.500. The van der Waals surface area contributed by atoms with Gasteiger partial charge in [-0.25, -0.2) is 17.9 Å². The van der Waals surface area contributed by atoms with Crippen molar-refractivity contribution in [1.29, 1.82) is 0 Å². The minimum atomic E-state index is -3.65. The maximum Gasteiger partial charge on any atom is 0.410 e. The third-order valence-electron chi connectivity index (χ3n) is 3.56. The highest BCUT2D eigenvalue weighted by Crippen LogP contribution is 2.20. The first-order valence-electron chi connectivity index (χ1n) is 6.84. The van der Waals surface area contributed by atoms with Gasteiger partial charge in [-0.1, -0.05) is 0 Å². The zero-order valence-corrected chi connectivity index (χ0v) is 13.6. The molecule has 22 heavy (non-hydrogen) atoms. The van der Waals surface area contributed by atoms with Gasteiger partial charge in [0, 0.05) is 6.54 Å². The van der Waals surface area contributed by atoms with Gasteiger partial charge in [0.15, 0.2) is 0 Å². The number of nitrogens with one attached hydrogen (secondary N) is 1. The van der Waals surface area contributed by atoms with Crippen molar-refractivity contribution < 1.29 is 22.7 Å². The van der Waals surface area contributed by atoms with Gasteiger partial charge >= 0.3 is 6.09 Å². The van der Waals surface area contributed by atoms with Gasteiger partial charge in [-0.05, 0) is 38.1 Å². The second-order valence-electron chi connectivity index (χ2n) is 5.58. The summed E-state index contributed by atoms with van der Waals surface area (Å²) < 4.78 is 37.0. The molecule has 8 heteroatoms. The Balaban J connectivity index is 2.06. The van der Waals surface area contributed by atoms with E-state index >= 15 is 0 Å². The molecule has 0 saturated carbocycles. The first kappa shape index (κ1) is 16.6. The summed E-state index contributed by atoms with van der Waals surface area (Å²) in [5, 5.41) is 0. The van der Waals surface area contributed by atoms with Gasteiger partial charge in [0.25, 0.3) is 0 Å². The molecule has 1 saturated heterocycles. The number of hydrogen-bond donors (Lipinski definition) is 1. The second-order valence-corrected chi connectivity index (χ2v) is 7.35. The molecule has 1 aromatic rings. The van der Waals surface area contributed by atoms with E-state index in [0.29, 0.717) is 18.9 Å². The van der Waals surface area contributed by atoms with Gasteiger partial charge < -0.3 is 9.47 Å². The zero-order chi connectivity index (χ0) is 16.4. The first-order chi connectivity index (χ1) is 10.3.